The van der Waals surface area contributed by atoms with Crippen LogP contribution in [0.3, 0.4) is 0 Å². The summed E-state index contributed by atoms with van der Waals surface area (Å²) in [6, 6.07) is 7.40. The summed E-state index contributed by atoms with van der Waals surface area (Å²) >= 11 is 1.50. The van der Waals surface area contributed by atoms with Gasteiger partial charge in [-0.3, -0.25) is 9.69 Å². The van der Waals surface area contributed by atoms with Gasteiger partial charge in [0.1, 0.15) is 11.3 Å². The molecular formula is C18H21N3O3S. The van der Waals surface area contributed by atoms with Crippen LogP contribution < -0.4 is 10.1 Å². The van der Waals surface area contributed by atoms with E-state index in [1.807, 2.05) is 31.2 Å². The molecule has 1 aromatic heterocycles. The van der Waals surface area contributed by atoms with Crippen LogP contribution in [0, 0.1) is 6.92 Å². The molecule has 1 saturated heterocycles. The van der Waals surface area contributed by atoms with Crippen molar-refractivity contribution in [2.45, 2.75) is 38.8 Å². The Labute approximate surface area is 150 Å². The molecule has 1 aliphatic heterocycles. The SMILES string of the molecule is COc1ccc(CC[C@@]2(C)NC(=O)N(Cc3cnc(C)s3)C2=O)cc1. The zero-order valence-corrected chi connectivity index (χ0v) is 15.4. The molecule has 25 heavy (non-hydrogen) atoms. The van der Waals surface area contributed by atoms with E-state index in [0.717, 1.165) is 21.2 Å². The van der Waals surface area contributed by atoms with E-state index in [4.69, 9.17) is 4.74 Å². The lowest BCUT2D eigenvalue weighted by Crippen LogP contribution is -2.44. The first-order valence-corrected chi connectivity index (χ1v) is 8.91. The van der Waals surface area contributed by atoms with Gasteiger partial charge in [-0.15, -0.1) is 11.3 Å². The number of amides is 3. The molecule has 6 nitrogen and oxygen atoms in total. The second kappa shape index (κ2) is 6.84. The van der Waals surface area contributed by atoms with Gasteiger partial charge in [0.2, 0.25) is 0 Å². The van der Waals surface area contributed by atoms with E-state index >= 15 is 0 Å². The number of thiazole rings is 1. The van der Waals surface area contributed by atoms with Gasteiger partial charge in [0.15, 0.2) is 0 Å². The molecule has 0 unspecified atom stereocenters. The van der Waals surface area contributed by atoms with E-state index in [0.29, 0.717) is 12.8 Å². The van der Waals surface area contributed by atoms with Crippen LogP contribution in [-0.4, -0.2) is 34.5 Å². The van der Waals surface area contributed by atoms with Gasteiger partial charge in [-0.2, -0.15) is 0 Å². The Morgan fingerprint density at radius 3 is 2.60 bits per heavy atom. The molecule has 3 amide bonds. The minimum atomic E-state index is -0.878. The minimum absolute atomic E-state index is 0.183. The molecule has 0 bridgehead atoms. The fraction of sp³-hybridized carbons (Fsp3) is 0.389. The lowest BCUT2D eigenvalue weighted by atomic mass is 9.93. The number of methoxy groups -OCH3 is 1. The van der Waals surface area contributed by atoms with Crippen LogP contribution in [0.15, 0.2) is 30.5 Å². The predicted molar refractivity (Wildman–Crippen MR) is 95.7 cm³/mol. The second-order valence-electron chi connectivity index (χ2n) is 6.35. The van der Waals surface area contributed by atoms with Gasteiger partial charge in [0.25, 0.3) is 5.91 Å². The maximum Gasteiger partial charge on any atom is 0.325 e. The van der Waals surface area contributed by atoms with Crippen LogP contribution in [0.1, 0.15) is 28.8 Å². The largest absolute Gasteiger partial charge is 0.497 e. The fourth-order valence-corrected chi connectivity index (χ4v) is 3.66. The molecule has 3 rings (SSSR count). The van der Waals surface area contributed by atoms with Crippen LogP contribution in [0.25, 0.3) is 0 Å². The number of ether oxygens (including phenoxy) is 1. The highest BCUT2D eigenvalue weighted by Crippen LogP contribution is 2.26. The molecule has 0 spiro atoms. The first-order chi connectivity index (χ1) is 11.9. The van der Waals surface area contributed by atoms with Gasteiger partial charge in [-0.25, -0.2) is 9.78 Å². The van der Waals surface area contributed by atoms with Crippen molar-refractivity contribution < 1.29 is 14.3 Å². The topological polar surface area (TPSA) is 71.5 Å². The molecule has 2 aromatic rings. The molecule has 1 atom stereocenters. The summed E-state index contributed by atoms with van der Waals surface area (Å²) in [6.07, 6.45) is 2.95. The number of nitrogens with zero attached hydrogens (tertiary/aromatic N) is 2. The summed E-state index contributed by atoms with van der Waals surface area (Å²) in [7, 11) is 1.63. The highest BCUT2D eigenvalue weighted by Gasteiger charge is 2.47. The Bertz CT molecular complexity index is 787. The van der Waals surface area contributed by atoms with Crippen molar-refractivity contribution in [3.8, 4) is 5.75 Å². The normalized spacial score (nSPS) is 20.0. The average Bonchev–Trinajstić information content (AvgIpc) is 3.10. The highest BCUT2D eigenvalue weighted by molar-refractivity contribution is 7.11. The number of aromatic nitrogens is 1. The number of hydrogen-bond donors (Lipinski definition) is 1. The Kier molecular flexibility index (Phi) is 4.76. The van der Waals surface area contributed by atoms with E-state index in [-0.39, 0.29) is 18.5 Å². The smallest absolute Gasteiger partial charge is 0.325 e. The van der Waals surface area contributed by atoms with Crippen LogP contribution in [0.4, 0.5) is 4.79 Å². The number of rotatable bonds is 6. The summed E-state index contributed by atoms with van der Waals surface area (Å²) in [4.78, 5) is 31.4. The van der Waals surface area contributed by atoms with E-state index in [1.54, 1.807) is 20.2 Å². The molecular weight excluding hydrogens is 338 g/mol. The maximum absolute atomic E-state index is 12.8. The zero-order chi connectivity index (χ0) is 18.0. The minimum Gasteiger partial charge on any atom is -0.497 e. The predicted octanol–water partition coefficient (Wildman–Crippen LogP) is 2.90. The third kappa shape index (κ3) is 3.66. The fourth-order valence-electron chi connectivity index (χ4n) is 2.88. The molecule has 1 aromatic carbocycles. The Morgan fingerprint density at radius 1 is 1.28 bits per heavy atom. The van der Waals surface area contributed by atoms with Gasteiger partial charge in [-0.05, 0) is 44.4 Å². The van der Waals surface area contributed by atoms with Crippen LogP contribution in [-0.2, 0) is 17.8 Å². The molecule has 1 aliphatic rings. The lowest BCUT2D eigenvalue weighted by molar-refractivity contribution is -0.131. The summed E-state index contributed by atoms with van der Waals surface area (Å²) in [5.74, 6) is 0.614. The molecule has 1 fully saturated rings. The second-order valence-corrected chi connectivity index (χ2v) is 7.67. The number of carbonyl (C=O) groups is 2. The van der Waals surface area contributed by atoms with Crippen LogP contribution in [0.2, 0.25) is 0 Å². The van der Waals surface area contributed by atoms with E-state index < -0.39 is 5.54 Å². The Balaban J connectivity index is 1.66. The van der Waals surface area contributed by atoms with Crippen molar-refractivity contribution in [2.24, 2.45) is 0 Å². The van der Waals surface area contributed by atoms with E-state index in [1.165, 1.54) is 16.2 Å². The quantitative estimate of drug-likeness (QED) is 0.805. The van der Waals surface area contributed by atoms with Crippen molar-refractivity contribution in [1.29, 1.82) is 0 Å². The van der Waals surface area contributed by atoms with Gasteiger partial charge in [0.05, 0.1) is 18.7 Å². The molecule has 7 heteroatoms. The van der Waals surface area contributed by atoms with Crippen molar-refractivity contribution in [2.75, 3.05) is 7.11 Å². The number of imide groups is 1. The molecule has 2 heterocycles. The number of urea groups is 1. The number of benzene rings is 1. The zero-order valence-electron chi connectivity index (χ0n) is 14.5. The monoisotopic (exact) mass is 359 g/mol. The van der Waals surface area contributed by atoms with Crippen LogP contribution >= 0.6 is 11.3 Å². The van der Waals surface area contributed by atoms with Crippen molar-refractivity contribution in [3.63, 3.8) is 0 Å². The molecule has 0 radical (unpaired) electrons. The Hall–Kier alpha value is -2.41. The van der Waals surface area contributed by atoms with Crippen molar-refractivity contribution in [1.82, 2.24) is 15.2 Å². The van der Waals surface area contributed by atoms with Gasteiger partial charge >= 0.3 is 6.03 Å². The summed E-state index contributed by atoms with van der Waals surface area (Å²) in [6.45, 7) is 3.96. The molecule has 0 saturated carbocycles. The molecule has 132 valence electrons. The van der Waals surface area contributed by atoms with Crippen molar-refractivity contribution >= 4 is 23.3 Å². The summed E-state index contributed by atoms with van der Waals surface area (Å²) in [5, 5.41) is 3.77. The third-order valence-corrected chi connectivity index (χ3v) is 5.30. The first-order valence-electron chi connectivity index (χ1n) is 8.09. The maximum atomic E-state index is 12.8. The number of nitrogens with one attached hydrogen (secondary N) is 1. The van der Waals surface area contributed by atoms with Crippen LogP contribution in [0.5, 0.6) is 5.75 Å². The standard InChI is InChI=1S/C18H21N3O3S/c1-12-19-10-15(25-12)11-21-16(22)18(2,20-17(21)23)9-8-13-4-6-14(24-3)7-5-13/h4-7,10H,8-9,11H2,1-3H3,(H,20,23)/t18-/m1/s1. The van der Waals surface area contributed by atoms with E-state index in [9.17, 15) is 9.59 Å². The molecule has 0 aliphatic carbocycles. The van der Waals surface area contributed by atoms with Gasteiger partial charge in [-0.1, -0.05) is 12.1 Å². The Morgan fingerprint density at radius 2 is 2.00 bits per heavy atom. The molecule has 1 N–H and O–H groups in total. The number of aryl methyl sites for hydroxylation is 2. The van der Waals surface area contributed by atoms with Crippen molar-refractivity contribution in [3.05, 3.63) is 45.9 Å². The van der Waals surface area contributed by atoms with Gasteiger partial charge < -0.3 is 10.1 Å². The average molecular weight is 359 g/mol. The van der Waals surface area contributed by atoms with Gasteiger partial charge in [0, 0.05) is 11.1 Å². The highest BCUT2D eigenvalue weighted by atomic mass is 32.1. The van der Waals surface area contributed by atoms with E-state index in [2.05, 4.69) is 10.3 Å². The number of carbonyl (C=O) groups excluding carboxylic acids is 2. The lowest BCUT2D eigenvalue weighted by Gasteiger charge is -2.21. The summed E-state index contributed by atoms with van der Waals surface area (Å²) < 4.78 is 5.15. The summed E-state index contributed by atoms with van der Waals surface area (Å²) in [5.41, 5.74) is 0.220. The third-order valence-electron chi connectivity index (χ3n) is 4.40. The number of hydrogen-bond acceptors (Lipinski definition) is 5. The first kappa shape index (κ1) is 17.4.